The molecule has 3 aromatic rings. The van der Waals surface area contributed by atoms with Gasteiger partial charge in [-0.3, -0.25) is 9.36 Å². The molecule has 12 heteroatoms. The molecule has 35 heavy (non-hydrogen) atoms. The van der Waals surface area contributed by atoms with Gasteiger partial charge >= 0.3 is 18.4 Å². The highest BCUT2D eigenvalue weighted by molar-refractivity contribution is 6.04. The predicted octanol–water partition coefficient (Wildman–Crippen LogP) is 4.64. The molecule has 1 heterocycles. The highest BCUT2D eigenvalue weighted by Crippen LogP contribution is 2.26. The second-order valence-electron chi connectivity index (χ2n) is 7.76. The van der Waals surface area contributed by atoms with E-state index in [1.807, 2.05) is 0 Å². The van der Waals surface area contributed by atoms with E-state index in [4.69, 9.17) is 5.73 Å². The van der Waals surface area contributed by atoms with Crippen molar-refractivity contribution >= 4 is 40.2 Å². The van der Waals surface area contributed by atoms with Gasteiger partial charge in [-0.2, -0.15) is 0 Å². The molecule has 0 bridgehead atoms. The van der Waals surface area contributed by atoms with Gasteiger partial charge in [0.25, 0.3) is 0 Å². The number of nitrogens with one attached hydrogen (secondary N) is 3. The van der Waals surface area contributed by atoms with E-state index in [1.54, 1.807) is 31.2 Å². The summed E-state index contributed by atoms with van der Waals surface area (Å²) < 4.78 is 42.1. The summed E-state index contributed by atoms with van der Waals surface area (Å²) in [7, 11) is 0. The lowest BCUT2D eigenvalue weighted by atomic mass is 10.0. The number of rotatable bonds is 8. The van der Waals surface area contributed by atoms with Crippen LogP contribution >= 0.6 is 0 Å². The number of primary amides is 1. The van der Waals surface area contributed by atoms with E-state index >= 15 is 0 Å². The van der Waals surface area contributed by atoms with Gasteiger partial charge in [0.1, 0.15) is 5.75 Å². The number of hydrogen-bond donors (Lipinski definition) is 4. The Labute approximate surface area is 198 Å². The molecule has 0 unspecified atom stereocenters. The first-order valence-electron chi connectivity index (χ1n) is 10.6. The molecular weight excluding hydrogens is 467 g/mol. The van der Waals surface area contributed by atoms with E-state index in [9.17, 15) is 27.6 Å². The topological polar surface area (TPSA) is 127 Å². The highest BCUT2D eigenvalue weighted by Gasteiger charge is 2.31. The van der Waals surface area contributed by atoms with Crippen LogP contribution in [0.1, 0.15) is 19.8 Å². The number of amides is 4. The summed E-state index contributed by atoms with van der Waals surface area (Å²) in [6.45, 7) is 1.94. The molecule has 1 aromatic heterocycles. The molecule has 1 atom stereocenters. The van der Waals surface area contributed by atoms with Gasteiger partial charge in [0, 0.05) is 35.8 Å². The van der Waals surface area contributed by atoms with E-state index < -0.39 is 30.1 Å². The van der Waals surface area contributed by atoms with Crippen molar-refractivity contribution in [3.8, 4) is 5.75 Å². The van der Waals surface area contributed by atoms with Gasteiger partial charge in [-0.1, -0.05) is 31.2 Å². The molecule has 5 N–H and O–H groups in total. The molecule has 0 fully saturated rings. The van der Waals surface area contributed by atoms with Crippen molar-refractivity contribution in [3.63, 3.8) is 0 Å². The average molecular weight is 491 g/mol. The summed E-state index contributed by atoms with van der Waals surface area (Å²) in [4.78, 5) is 36.2. The molecule has 0 aliphatic rings. The number of benzene rings is 2. The fourth-order valence-corrected chi connectivity index (χ4v) is 3.41. The number of fused-ring (bicyclic) bond motifs is 1. The van der Waals surface area contributed by atoms with Gasteiger partial charge in [0.05, 0.1) is 11.2 Å². The molecule has 0 saturated heterocycles. The number of nitrogens with zero attached hydrogens (tertiary/aromatic N) is 1. The minimum Gasteiger partial charge on any atom is -0.406 e. The predicted molar refractivity (Wildman–Crippen MR) is 124 cm³/mol. The smallest absolute Gasteiger partial charge is 0.406 e. The van der Waals surface area contributed by atoms with Crippen molar-refractivity contribution in [2.75, 3.05) is 17.2 Å². The Hall–Kier alpha value is -4.22. The second-order valence-corrected chi connectivity index (χ2v) is 7.76. The number of para-hydroxylation sites is 1. The zero-order valence-electron chi connectivity index (χ0n) is 18.7. The fraction of sp³-hybridized carbons (Fsp3) is 0.261. The van der Waals surface area contributed by atoms with Crippen LogP contribution in [0.3, 0.4) is 0 Å². The van der Waals surface area contributed by atoms with Crippen molar-refractivity contribution < 1.29 is 32.3 Å². The number of nitrogens with two attached hydrogens (primary N) is 1. The second kappa shape index (κ2) is 10.8. The maximum Gasteiger partial charge on any atom is 0.573 e. The number of anilines is 2. The number of ether oxygens (including phenoxy) is 1. The Bertz CT molecular complexity index is 1230. The lowest BCUT2D eigenvalue weighted by Gasteiger charge is -2.14. The molecule has 3 rings (SSSR count). The number of aromatic nitrogens is 1. The van der Waals surface area contributed by atoms with Crippen molar-refractivity contribution in [3.05, 3.63) is 54.7 Å². The zero-order valence-corrected chi connectivity index (χ0v) is 18.7. The van der Waals surface area contributed by atoms with Crippen molar-refractivity contribution in [2.24, 2.45) is 11.7 Å². The van der Waals surface area contributed by atoms with Gasteiger partial charge in [-0.05, 0) is 31.0 Å². The van der Waals surface area contributed by atoms with E-state index in [0.717, 1.165) is 12.1 Å². The first-order chi connectivity index (χ1) is 16.5. The third kappa shape index (κ3) is 7.13. The van der Waals surface area contributed by atoms with Crippen LogP contribution in [0, 0.1) is 5.92 Å². The van der Waals surface area contributed by atoms with Gasteiger partial charge in [-0.15, -0.1) is 13.2 Å². The molecule has 9 nitrogen and oxygen atoms in total. The molecule has 2 aromatic carbocycles. The van der Waals surface area contributed by atoms with Crippen LogP contribution in [0.4, 0.5) is 34.1 Å². The minimum absolute atomic E-state index is 0.177. The standard InChI is InChI=1S/C23H24F3N5O4/c1-14(20(32)29-15-7-4-8-16(12-15)35-23(24,25)26)6-5-11-28-22(34)30-18-13-31(21(27)33)19-10-3-2-9-17(18)19/h2-4,7-10,12-14H,5-6,11H2,1H3,(H2,27,33)(H,29,32)(H2,28,30,34)/t14-/m1/s1. The summed E-state index contributed by atoms with van der Waals surface area (Å²) in [6.07, 6.45) is -2.49. The van der Waals surface area contributed by atoms with Crippen molar-refractivity contribution in [1.82, 2.24) is 9.88 Å². The van der Waals surface area contributed by atoms with E-state index in [2.05, 4.69) is 20.7 Å². The molecule has 0 aliphatic heterocycles. The molecule has 0 radical (unpaired) electrons. The van der Waals surface area contributed by atoms with Crippen LogP contribution in [0.15, 0.2) is 54.7 Å². The first-order valence-corrected chi connectivity index (χ1v) is 10.6. The van der Waals surface area contributed by atoms with Crippen LogP contribution < -0.4 is 26.4 Å². The monoisotopic (exact) mass is 491 g/mol. The maximum absolute atomic E-state index is 12.4. The molecule has 0 saturated carbocycles. The normalized spacial score (nSPS) is 12.1. The SMILES string of the molecule is C[C@H](CCCNC(=O)Nc1cn(C(N)=O)c2ccccc12)C(=O)Nc1cccc(OC(F)(F)F)c1. The van der Waals surface area contributed by atoms with Gasteiger partial charge in [0.15, 0.2) is 0 Å². The number of urea groups is 1. The largest absolute Gasteiger partial charge is 0.573 e. The van der Waals surface area contributed by atoms with Crippen LogP contribution in [0.25, 0.3) is 10.9 Å². The fourth-order valence-electron chi connectivity index (χ4n) is 3.41. The van der Waals surface area contributed by atoms with Gasteiger partial charge in [-0.25, -0.2) is 9.59 Å². The van der Waals surface area contributed by atoms with Crippen LogP contribution in [-0.2, 0) is 4.79 Å². The Morgan fingerprint density at radius 1 is 1.09 bits per heavy atom. The van der Waals surface area contributed by atoms with Gasteiger partial charge < -0.3 is 26.4 Å². The first kappa shape index (κ1) is 25.4. The Kier molecular flexibility index (Phi) is 7.84. The summed E-state index contributed by atoms with van der Waals surface area (Å²) in [5.41, 5.74) is 6.52. The number of carbonyl (C=O) groups excluding carboxylic acids is 3. The number of hydrogen-bond acceptors (Lipinski definition) is 4. The number of alkyl halides is 3. The summed E-state index contributed by atoms with van der Waals surface area (Å²) in [5, 5.41) is 8.55. The third-order valence-corrected chi connectivity index (χ3v) is 5.08. The van der Waals surface area contributed by atoms with Crippen molar-refractivity contribution in [2.45, 2.75) is 26.1 Å². The lowest BCUT2D eigenvalue weighted by Crippen LogP contribution is -2.30. The number of halogens is 3. The van der Waals surface area contributed by atoms with Crippen LogP contribution in [0.5, 0.6) is 5.75 Å². The minimum atomic E-state index is -4.83. The molecule has 0 aliphatic carbocycles. The third-order valence-electron chi connectivity index (χ3n) is 5.08. The van der Waals surface area contributed by atoms with E-state index in [-0.39, 0.29) is 18.1 Å². The average Bonchev–Trinajstić information content (AvgIpc) is 3.14. The van der Waals surface area contributed by atoms with Crippen LogP contribution in [-0.4, -0.2) is 35.4 Å². The maximum atomic E-state index is 12.4. The Balaban J connectivity index is 1.45. The Morgan fingerprint density at radius 3 is 2.54 bits per heavy atom. The molecular formula is C23H24F3N5O4. The molecule has 186 valence electrons. The van der Waals surface area contributed by atoms with E-state index in [1.165, 1.54) is 22.9 Å². The summed E-state index contributed by atoms with van der Waals surface area (Å²) in [5.74, 6) is -1.27. The lowest BCUT2D eigenvalue weighted by molar-refractivity contribution is -0.274. The highest BCUT2D eigenvalue weighted by atomic mass is 19.4. The molecule has 4 amide bonds. The van der Waals surface area contributed by atoms with E-state index in [0.29, 0.717) is 29.4 Å². The number of carbonyl (C=O) groups is 3. The van der Waals surface area contributed by atoms with Crippen molar-refractivity contribution in [1.29, 1.82) is 0 Å². The Morgan fingerprint density at radius 2 is 1.83 bits per heavy atom. The quantitative estimate of drug-likeness (QED) is 0.342. The summed E-state index contributed by atoms with van der Waals surface area (Å²) >= 11 is 0. The zero-order chi connectivity index (χ0) is 25.6. The summed E-state index contributed by atoms with van der Waals surface area (Å²) in [6, 6.07) is 10.8. The van der Waals surface area contributed by atoms with Crippen LogP contribution in [0.2, 0.25) is 0 Å². The van der Waals surface area contributed by atoms with Gasteiger partial charge in [0.2, 0.25) is 5.91 Å². The molecule has 0 spiro atoms.